The molecule has 4 aromatic carbocycles. The lowest BCUT2D eigenvalue weighted by atomic mass is 9.66. The number of allylic oxidation sites excluding steroid dienone is 2. The van der Waals surface area contributed by atoms with Gasteiger partial charge in [-0.05, 0) is 150 Å². The van der Waals surface area contributed by atoms with Crippen LogP contribution in [0.3, 0.4) is 0 Å². The molecular weight excluding hydrogens is 906 g/mol. The summed E-state index contributed by atoms with van der Waals surface area (Å²) in [6.45, 7) is 23.3. The van der Waals surface area contributed by atoms with Crippen molar-refractivity contribution in [1.29, 1.82) is 0 Å². The Morgan fingerprint density at radius 1 is 0.591 bits per heavy atom. The van der Waals surface area contributed by atoms with E-state index in [1.54, 1.807) is 27.7 Å². The maximum atomic E-state index is 14.2. The van der Waals surface area contributed by atoms with Gasteiger partial charge in [0, 0.05) is 44.0 Å². The summed E-state index contributed by atoms with van der Waals surface area (Å²) in [5.41, 5.74) is 1.30. The Kier molecular flexibility index (Phi) is 17.9. The van der Waals surface area contributed by atoms with Gasteiger partial charge in [0.1, 0.15) is 0 Å². The average Bonchev–Trinajstić information content (AvgIpc) is 3.24. The SMILES string of the molecule is C=CC[C@@]1(C)C[C@H](c2cccc(Cl)c2)[C@@H](c2ccc(Cl)cc2)N([C@@H](CC)CC(C)(C)O)C1=O.C=CC[C@@]1(C)C[C@H](c2cccc(Cl)c2)[C@@H](c2ccc(Cl)cc2)N([C@@H](CC)CC(C)(C)O)C1=O. The van der Waals surface area contributed by atoms with Gasteiger partial charge in [0.05, 0.1) is 34.1 Å². The Morgan fingerprint density at radius 3 is 1.20 bits per heavy atom. The second-order valence-electron chi connectivity index (χ2n) is 20.4. The van der Waals surface area contributed by atoms with Crippen LogP contribution < -0.4 is 0 Å². The fourth-order valence-corrected chi connectivity index (χ4v) is 11.3. The highest BCUT2D eigenvalue weighted by Crippen LogP contribution is 2.54. The molecule has 2 N–H and O–H groups in total. The van der Waals surface area contributed by atoms with Crippen LogP contribution in [0.4, 0.5) is 0 Å². The van der Waals surface area contributed by atoms with Crippen molar-refractivity contribution in [2.75, 3.05) is 0 Å². The summed E-state index contributed by atoms with van der Waals surface area (Å²) < 4.78 is 0. The summed E-state index contributed by atoms with van der Waals surface area (Å²) in [7, 11) is 0. The molecule has 2 amide bonds. The number of aliphatic hydroxyl groups is 2. The molecule has 2 aliphatic heterocycles. The van der Waals surface area contributed by atoms with Gasteiger partial charge in [-0.2, -0.15) is 0 Å². The first-order chi connectivity index (χ1) is 31.0. The van der Waals surface area contributed by atoms with Crippen LogP contribution in [-0.4, -0.2) is 55.1 Å². The summed E-state index contributed by atoms with van der Waals surface area (Å²) in [5.74, 6) is 0.278. The van der Waals surface area contributed by atoms with Crippen molar-refractivity contribution in [2.24, 2.45) is 10.8 Å². The fraction of sp³-hybridized carbons (Fsp3) is 0.464. The molecule has 0 radical (unpaired) electrons. The minimum absolute atomic E-state index is 0.0309. The molecule has 4 aromatic rings. The first-order valence-corrected chi connectivity index (χ1v) is 24.8. The van der Waals surface area contributed by atoms with Crippen molar-refractivity contribution in [3.8, 4) is 0 Å². The standard InChI is InChI=1S/2C28H35Cl2NO2/c2*1-6-15-28(5)18-24(20-9-8-10-22(30)16-20)25(19-11-13-21(29)14-12-19)31(26(28)32)23(7-2)17-27(3,4)33/h2*6,8-14,16,23-25,33H,1,7,15,17-18H2,2-5H3/t2*23-,24+,25+,28-/m00/s1. The molecule has 2 saturated heterocycles. The number of nitrogens with zero attached hydrogens (tertiary/aromatic N) is 2. The van der Waals surface area contributed by atoms with Gasteiger partial charge in [0.15, 0.2) is 0 Å². The molecule has 0 unspecified atom stereocenters. The molecule has 2 aliphatic rings. The molecule has 10 heteroatoms. The zero-order chi connectivity index (χ0) is 48.8. The molecule has 0 aromatic heterocycles. The quantitative estimate of drug-likeness (QED) is 0.110. The summed E-state index contributed by atoms with van der Waals surface area (Å²) in [4.78, 5) is 32.4. The van der Waals surface area contributed by atoms with Gasteiger partial charge in [-0.15, -0.1) is 13.2 Å². The molecular formula is C56H70Cl4N2O4. The third-order valence-electron chi connectivity index (χ3n) is 13.6. The van der Waals surface area contributed by atoms with Gasteiger partial charge < -0.3 is 20.0 Å². The molecule has 356 valence electrons. The van der Waals surface area contributed by atoms with Gasteiger partial charge in [-0.25, -0.2) is 0 Å². The molecule has 2 heterocycles. The van der Waals surface area contributed by atoms with Gasteiger partial charge in [-0.1, -0.05) is 135 Å². The minimum Gasteiger partial charge on any atom is -0.390 e. The highest BCUT2D eigenvalue weighted by Gasteiger charge is 2.53. The number of carbonyl (C=O) groups excluding carboxylic acids is 2. The topological polar surface area (TPSA) is 81.1 Å². The van der Waals surface area contributed by atoms with E-state index in [0.29, 0.717) is 58.6 Å². The summed E-state index contributed by atoms with van der Waals surface area (Å²) in [6, 6.07) is 30.8. The zero-order valence-electron chi connectivity index (χ0n) is 40.0. The van der Waals surface area contributed by atoms with Crippen LogP contribution in [0.2, 0.25) is 20.1 Å². The Hall–Kier alpha value is -3.62. The molecule has 66 heavy (non-hydrogen) atoms. The van der Waals surface area contributed by atoms with E-state index in [1.807, 2.05) is 121 Å². The number of hydrogen-bond donors (Lipinski definition) is 2. The second kappa shape index (κ2) is 22.2. The second-order valence-corrected chi connectivity index (χ2v) is 22.2. The number of piperidine rings is 2. The van der Waals surface area contributed by atoms with Crippen LogP contribution in [0.5, 0.6) is 0 Å². The van der Waals surface area contributed by atoms with Crippen molar-refractivity contribution in [1.82, 2.24) is 9.80 Å². The van der Waals surface area contributed by atoms with Crippen molar-refractivity contribution in [2.45, 2.75) is 154 Å². The van der Waals surface area contributed by atoms with E-state index in [1.165, 1.54) is 0 Å². The van der Waals surface area contributed by atoms with Crippen LogP contribution in [0.1, 0.15) is 153 Å². The molecule has 0 saturated carbocycles. The lowest BCUT2D eigenvalue weighted by Gasteiger charge is -2.52. The molecule has 0 bridgehead atoms. The van der Waals surface area contributed by atoms with Crippen LogP contribution in [0, 0.1) is 10.8 Å². The van der Waals surface area contributed by atoms with E-state index in [0.717, 1.165) is 35.1 Å². The van der Waals surface area contributed by atoms with Gasteiger partial charge >= 0.3 is 0 Å². The monoisotopic (exact) mass is 974 g/mol. The number of halogens is 4. The van der Waals surface area contributed by atoms with Gasteiger partial charge in [0.25, 0.3) is 0 Å². The number of rotatable bonds is 16. The van der Waals surface area contributed by atoms with Crippen LogP contribution in [0.15, 0.2) is 122 Å². The molecule has 8 atom stereocenters. The summed E-state index contributed by atoms with van der Waals surface area (Å²) >= 11 is 25.2. The summed E-state index contributed by atoms with van der Waals surface area (Å²) in [5, 5.41) is 24.1. The molecule has 0 aliphatic carbocycles. The lowest BCUT2D eigenvalue weighted by Crippen LogP contribution is -2.56. The predicted octanol–water partition coefficient (Wildman–Crippen LogP) is 15.1. The lowest BCUT2D eigenvalue weighted by molar-refractivity contribution is -0.157. The molecule has 2 fully saturated rings. The molecule has 6 rings (SSSR count). The van der Waals surface area contributed by atoms with Crippen LogP contribution in [-0.2, 0) is 9.59 Å². The smallest absolute Gasteiger partial charge is 0.229 e. The van der Waals surface area contributed by atoms with E-state index in [4.69, 9.17) is 46.4 Å². The van der Waals surface area contributed by atoms with Crippen LogP contribution >= 0.6 is 46.4 Å². The Bertz CT molecular complexity index is 2130. The number of carbonyl (C=O) groups is 2. The molecule has 0 spiro atoms. The first kappa shape index (κ1) is 53.3. The number of hydrogen-bond acceptors (Lipinski definition) is 4. The van der Waals surface area contributed by atoms with E-state index in [2.05, 4.69) is 39.1 Å². The largest absolute Gasteiger partial charge is 0.390 e. The number of likely N-dealkylation sites (tertiary alicyclic amines) is 2. The van der Waals surface area contributed by atoms with Crippen LogP contribution in [0.25, 0.3) is 0 Å². The Balaban J connectivity index is 0.000000247. The van der Waals surface area contributed by atoms with Gasteiger partial charge in [0.2, 0.25) is 11.8 Å². The zero-order valence-corrected chi connectivity index (χ0v) is 43.1. The normalized spacial score (nSPS) is 24.6. The Labute approximate surface area is 415 Å². The Morgan fingerprint density at radius 2 is 0.924 bits per heavy atom. The summed E-state index contributed by atoms with van der Waals surface area (Å²) in [6.07, 6.45) is 8.69. The highest BCUT2D eigenvalue weighted by molar-refractivity contribution is 6.31. The average molecular weight is 977 g/mol. The first-order valence-electron chi connectivity index (χ1n) is 23.3. The maximum absolute atomic E-state index is 14.2. The minimum atomic E-state index is -0.899. The van der Waals surface area contributed by atoms with E-state index >= 15 is 0 Å². The maximum Gasteiger partial charge on any atom is 0.229 e. The number of amides is 2. The van der Waals surface area contributed by atoms with Crippen molar-refractivity contribution in [3.05, 3.63) is 165 Å². The van der Waals surface area contributed by atoms with Crippen molar-refractivity contribution < 1.29 is 19.8 Å². The van der Waals surface area contributed by atoms with E-state index in [-0.39, 0.29) is 47.8 Å². The predicted molar refractivity (Wildman–Crippen MR) is 276 cm³/mol. The third-order valence-corrected chi connectivity index (χ3v) is 14.5. The number of benzene rings is 4. The molecule has 6 nitrogen and oxygen atoms in total. The van der Waals surface area contributed by atoms with Crippen molar-refractivity contribution >= 4 is 58.2 Å². The highest BCUT2D eigenvalue weighted by atomic mass is 35.5. The van der Waals surface area contributed by atoms with E-state index in [9.17, 15) is 19.8 Å². The fourth-order valence-electron chi connectivity index (χ4n) is 10.6. The van der Waals surface area contributed by atoms with Gasteiger partial charge in [-0.3, -0.25) is 9.59 Å². The van der Waals surface area contributed by atoms with Crippen molar-refractivity contribution in [3.63, 3.8) is 0 Å². The van der Waals surface area contributed by atoms with E-state index < -0.39 is 22.0 Å². The third kappa shape index (κ3) is 12.9.